The van der Waals surface area contributed by atoms with Crippen molar-refractivity contribution in [1.82, 2.24) is 24.5 Å². The number of carbonyl (C=O) groups is 2. The van der Waals surface area contributed by atoms with E-state index in [1.807, 2.05) is 4.90 Å². The van der Waals surface area contributed by atoms with Crippen LogP contribution < -0.4 is 10.2 Å². The van der Waals surface area contributed by atoms with E-state index in [-0.39, 0.29) is 23.3 Å². The van der Waals surface area contributed by atoms with E-state index in [0.717, 1.165) is 11.5 Å². The van der Waals surface area contributed by atoms with Crippen LogP contribution in [0.3, 0.4) is 0 Å². The zero-order valence-electron chi connectivity index (χ0n) is 13.6. The number of hydrogen-bond donors (Lipinski definition) is 1. The Bertz CT molecular complexity index is 731. The van der Waals surface area contributed by atoms with Crippen molar-refractivity contribution in [1.29, 1.82) is 0 Å². The van der Waals surface area contributed by atoms with Gasteiger partial charge in [-0.2, -0.15) is 0 Å². The van der Waals surface area contributed by atoms with Crippen LogP contribution in [0.4, 0.5) is 15.7 Å². The lowest BCUT2D eigenvalue weighted by atomic mass is 10.3. The largest absolute Gasteiger partial charge is 0.461 e. The van der Waals surface area contributed by atoms with Crippen LogP contribution in [0.1, 0.15) is 17.4 Å². The Hall–Kier alpha value is -2.82. The van der Waals surface area contributed by atoms with Crippen LogP contribution in [-0.4, -0.2) is 69.2 Å². The van der Waals surface area contributed by atoms with Crippen molar-refractivity contribution in [2.75, 3.05) is 43.0 Å². The van der Waals surface area contributed by atoms with Crippen molar-refractivity contribution in [3.8, 4) is 0 Å². The number of esters is 1. The van der Waals surface area contributed by atoms with Gasteiger partial charge in [0, 0.05) is 50.1 Å². The number of aromatic nitrogens is 4. The number of urea groups is 1. The van der Waals surface area contributed by atoms with Crippen molar-refractivity contribution < 1.29 is 14.3 Å². The molecule has 2 aromatic rings. The van der Waals surface area contributed by atoms with E-state index < -0.39 is 5.97 Å². The minimum Gasteiger partial charge on any atom is -0.461 e. The lowest BCUT2D eigenvalue weighted by Crippen LogP contribution is -2.50. The van der Waals surface area contributed by atoms with Gasteiger partial charge >= 0.3 is 12.0 Å². The molecule has 0 unspecified atom stereocenters. The van der Waals surface area contributed by atoms with E-state index in [1.54, 1.807) is 30.3 Å². The average Bonchev–Trinajstić information content (AvgIpc) is 3.11. The molecular formula is C14H17N7O3S. The fourth-order valence-electron chi connectivity index (χ4n) is 2.35. The summed E-state index contributed by atoms with van der Waals surface area (Å²) in [7, 11) is 0. The Morgan fingerprint density at radius 2 is 1.96 bits per heavy atom. The predicted octanol–water partition coefficient (Wildman–Crippen LogP) is 0.859. The summed E-state index contributed by atoms with van der Waals surface area (Å²) in [4.78, 5) is 36.3. The third kappa shape index (κ3) is 3.99. The number of ether oxygens (including phenoxy) is 1. The molecule has 1 aliphatic rings. The van der Waals surface area contributed by atoms with Gasteiger partial charge in [-0.15, -0.1) is 5.10 Å². The van der Waals surface area contributed by atoms with Gasteiger partial charge in [0.05, 0.1) is 6.61 Å². The minimum atomic E-state index is -0.599. The lowest BCUT2D eigenvalue weighted by molar-refractivity contribution is 0.0520. The van der Waals surface area contributed by atoms with E-state index in [9.17, 15) is 9.59 Å². The molecule has 10 nitrogen and oxygen atoms in total. The number of carbonyl (C=O) groups excluding carboxylic acids is 2. The Morgan fingerprint density at radius 1 is 1.24 bits per heavy atom. The maximum atomic E-state index is 12.4. The Balaban J connectivity index is 1.57. The van der Waals surface area contributed by atoms with Crippen LogP contribution in [0.25, 0.3) is 0 Å². The van der Waals surface area contributed by atoms with Crippen molar-refractivity contribution in [3.05, 3.63) is 24.2 Å². The molecule has 1 N–H and O–H groups in total. The van der Waals surface area contributed by atoms with Gasteiger partial charge in [0.25, 0.3) is 0 Å². The third-order valence-electron chi connectivity index (χ3n) is 3.58. The molecule has 2 aromatic heterocycles. The zero-order valence-corrected chi connectivity index (χ0v) is 14.4. The highest BCUT2D eigenvalue weighted by molar-refractivity contribution is 7.10. The fraction of sp³-hybridized carbons (Fsp3) is 0.429. The second-order valence-corrected chi connectivity index (χ2v) is 5.88. The number of nitrogens with one attached hydrogen (secondary N) is 1. The van der Waals surface area contributed by atoms with Gasteiger partial charge in [-0.05, 0) is 13.0 Å². The smallest absolute Gasteiger partial charge is 0.362 e. The van der Waals surface area contributed by atoms with E-state index >= 15 is 0 Å². The van der Waals surface area contributed by atoms with Crippen LogP contribution in [-0.2, 0) is 4.74 Å². The SMILES string of the molecule is CCOC(=O)c1nnsc1NC(=O)N1CCN(c2ncccn2)CC1. The van der Waals surface area contributed by atoms with Crippen molar-refractivity contribution in [2.24, 2.45) is 0 Å². The van der Waals surface area contributed by atoms with Crippen LogP contribution in [0.2, 0.25) is 0 Å². The summed E-state index contributed by atoms with van der Waals surface area (Å²) in [5.41, 5.74) is 0.0246. The zero-order chi connectivity index (χ0) is 17.6. The number of rotatable bonds is 4. The first-order valence-electron chi connectivity index (χ1n) is 7.76. The van der Waals surface area contributed by atoms with Crippen LogP contribution >= 0.6 is 11.5 Å². The highest BCUT2D eigenvalue weighted by atomic mass is 32.1. The Kier molecular flexibility index (Phi) is 5.33. The third-order valence-corrected chi connectivity index (χ3v) is 4.22. The molecule has 1 fully saturated rings. The molecular weight excluding hydrogens is 346 g/mol. The monoisotopic (exact) mass is 363 g/mol. The molecule has 0 aromatic carbocycles. The maximum absolute atomic E-state index is 12.4. The van der Waals surface area contributed by atoms with Crippen LogP contribution in [0.5, 0.6) is 0 Å². The Morgan fingerprint density at radius 3 is 2.64 bits per heavy atom. The first kappa shape index (κ1) is 17.0. The molecule has 1 saturated heterocycles. The molecule has 3 rings (SSSR count). The minimum absolute atomic E-state index is 0.0246. The van der Waals surface area contributed by atoms with E-state index in [0.29, 0.717) is 32.1 Å². The van der Waals surface area contributed by atoms with Crippen molar-refractivity contribution in [2.45, 2.75) is 6.92 Å². The van der Waals surface area contributed by atoms with Gasteiger partial charge in [0.1, 0.15) is 0 Å². The van der Waals surface area contributed by atoms with E-state index in [1.165, 1.54) is 0 Å². The summed E-state index contributed by atoms with van der Waals surface area (Å²) in [6.45, 7) is 4.22. The molecule has 2 amide bonds. The number of anilines is 2. The first-order valence-corrected chi connectivity index (χ1v) is 8.53. The molecule has 0 atom stereocenters. The summed E-state index contributed by atoms with van der Waals surface area (Å²) < 4.78 is 8.61. The second-order valence-electron chi connectivity index (χ2n) is 5.12. The predicted molar refractivity (Wildman–Crippen MR) is 90.7 cm³/mol. The van der Waals surface area contributed by atoms with Crippen LogP contribution in [0, 0.1) is 0 Å². The van der Waals surface area contributed by atoms with E-state index in [2.05, 4.69) is 24.9 Å². The van der Waals surface area contributed by atoms with E-state index in [4.69, 9.17) is 4.74 Å². The molecule has 0 saturated carbocycles. The summed E-state index contributed by atoms with van der Waals surface area (Å²) in [5, 5.41) is 6.69. The fourth-order valence-corrected chi connectivity index (χ4v) is 2.89. The van der Waals surface area contributed by atoms with Crippen molar-refractivity contribution in [3.63, 3.8) is 0 Å². The number of piperazine rings is 1. The lowest BCUT2D eigenvalue weighted by Gasteiger charge is -2.34. The van der Waals surface area contributed by atoms with Gasteiger partial charge in [0.15, 0.2) is 5.00 Å². The average molecular weight is 363 g/mol. The quantitative estimate of drug-likeness (QED) is 0.796. The van der Waals surface area contributed by atoms with Gasteiger partial charge in [-0.1, -0.05) is 4.49 Å². The molecule has 0 spiro atoms. The normalized spacial score (nSPS) is 14.3. The number of hydrogen-bond acceptors (Lipinski definition) is 9. The second kappa shape index (κ2) is 7.83. The molecule has 3 heterocycles. The summed E-state index contributed by atoms with van der Waals surface area (Å²) in [6, 6.07) is 1.46. The highest BCUT2D eigenvalue weighted by Gasteiger charge is 2.25. The van der Waals surface area contributed by atoms with Gasteiger partial charge in [-0.3, -0.25) is 5.32 Å². The molecule has 11 heteroatoms. The molecule has 25 heavy (non-hydrogen) atoms. The topological polar surface area (TPSA) is 113 Å². The van der Waals surface area contributed by atoms with Crippen molar-refractivity contribution >= 4 is 34.5 Å². The summed E-state index contributed by atoms with van der Waals surface area (Å²) >= 11 is 0.943. The molecule has 132 valence electrons. The van der Waals surface area contributed by atoms with Gasteiger partial charge in [0.2, 0.25) is 11.6 Å². The highest BCUT2D eigenvalue weighted by Crippen LogP contribution is 2.20. The van der Waals surface area contributed by atoms with Gasteiger partial charge in [-0.25, -0.2) is 19.6 Å². The van der Waals surface area contributed by atoms with Crippen LogP contribution in [0.15, 0.2) is 18.5 Å². The summed E-state index contributed by atoms with van der Waals surface area (Å²) in [5.74, 6) is 0.0522. The summed E-state index contributed by atoms with van der Waals surface area (Å²) in [6.07, 6.45) is 3.38. The maximum Gasteiger partial charge on any atom is 0.362 e. The van der Waals surface area contributed by atoms with Gasteiger partial charge < -0.3 is 14.5 Å². The molecule has 0 radical (unpaired) electrons. The molecule has 1 aliphatic heterocycles. The first-order chi connectivity index (χ1) is 12.2. The number of amides is 2. The number of nitrogens with zero attached hydrogens (tertiary/aromatic N) is 6. The standard InChI is InChI=1S/C14H17N7O3S/c1-2-24-12(22)10-11(25-19-18-10)17-14(23)21-8-6-20(7-9-21)13-15-4-3-5-16-13/h3-5H,2,6-9H2,1H3,(H,17,23). The molecule has 0 aliphatic carbocycles. The Labute approximate surface area is 148 Å². The molecule has 0 bridgehead atoms.